The minimum absolute atomic E-state index is 0.0236. The number of ketones is 1. The molecule has 4 rings (SSSR count). The first-order chi connectivity index (χ1) is 14.6. The highest BCUT2D eigenvalue weighted by Crippen LogP contribution is 2.52. The molecule has 1 aromatic heterocycles. The van der Waals surface area contributed by atoms with Crippen LogP contribution in [0.3, 0.4) is 0 Å². The van der Waals surface area contributed by atoms with Crippen LogP contribution in [0.25, 0.3) is 0 Å². The summed E-state index contributed by atoms with van der Waals surface area (Å²) in [5.41, 5.74) is 4.82. The fourth-order valence-corrected chi connectivity index (χ4v) is 4.42. The summed E-state index contributed by atoms with van der Waals surface area (Å²) in [5.74, 6) is -1.63. The van der Waals surface area contributed by atoms with Crippen LogP contribution in [-0.4, -0.2) is 28.3 Å². The monoisotopic (exact) mass is 428 g/mol. The van der Waals surface area contributed by atoms with E-state index in [0.29, 0.717) is 24.9 Å². The van der Waals surface area contributed by atoms with E-state index in [2.05, 4.69) is 15.3 Å². The van der Waals surface area contributed by atoms with Crippen molar-refractivity contribution in [3.05, 3.63) is 59.4 Å². The lowest BCUT2D eigenvalue weighted by molar-refractivity contribution is -0.140. The van der Waals surface area contributed by atoms with Crippen LogP contribution in [0.4, 0.5) is 14.5 Å². The SMILES string of the molecule is CC(=O)C1CC2(C1)CC(C)(c1cc(NC(=O)c3ccc(F)cn3)ccc1F)N=C(N)O2. The van der Waals surface area contributed by atoms with Crippen molar-refractivity contribution in [1.82, 2.24) is 4.98 Å². The number of amides is 1. The lowest BCUT2D eigenvalue weighted by atomic mass is 9.63. The molecule has 1 aliphatic heterocycles. The van der Waals surface area contributed by atoms with Crippen LogP contribution >= 0.6 is 0 Å². The molecule has 0 saturated heterocycles. The number of nitrogens with two attached hydrogens (primary N) is 1. The second-order valence-corrected chi connectivity index (χ2v) is 8.41. The molecule has 1 aliphatic carbocycles. The van der Waals surface area contributed by atoms with Gasteiger partial charge in [0.15, 0.2) is 0 Å². The summed E-state index contributed by atoms with van der Waals surface area (Å²) in [6.45, 7) is 3.29. The van der Waals surface area contributed by atoms with Crippen LogP contribution in [0, 0.1) is 17.6 Å². The van der Waals surface area contributed by atoms with Crippen LogP contribution in [0.1, 0.15) is 49.2 Å². The van der Waals surface area contributed by atoms with Gasteiger partial charge in [-0.25, -0.2) is 18.8 Å². The Morgan fingerprint density at radius 3 is 2.61 bits per heavy atom. The number of pyridine rings is 1. The predicted octanol–water partition coefficient (Wildman–Crippen LogP) is 3.30. The van der Waals surface area contributed by atoms with Crippen molar-refractivity contribution in [2.24, 2.45) is 16.6 Å². The number of aliphatic imine (C=N–C) groups is 1. The Bertz CT molecular complexity index is 1080. The molecule has 1 atom stereocenters. The third-order valence-electron chi connectivity index (χ3n) is 5.92. The van der Waals surface area contributed by atoms with Gasteiger partial charge in [-0.05, 0) is 57.0 Å². The van der Waals surface area contributed by atoms with Crippen molar-refractivity contribution in [2.45, 2.75) is 44.2 Å². The fourth-order valence-electron chi connectivity index (χ4n) is 4.42. The Labute approximate surface area is 177 Å². The van der Waals surface area contributed by atoms with Gasteiger partial charge in [0.1, 0.15) is 28.7 Å². The number of amidine groups is 1. The third kappa shape index (κ3) is 3.99. The van der Waals surface area contributed by atoms with Gasteiger partial charge in [0, 0.05) is 23.6 Å². The van der Waals surface area contributed by atoms with E-state index in [1.165, 1.54) is 24.3 Å². The molecule has 0 bridgehead atoms. The van der Waals surface area contributed by atoms with Gasteiger partial charge in [0.2, 0.25) is 0 Å². The molecule has 3 N–H and O–H groups in total. The molecule has 1 aromatic carbocycles. The first-order valence-corrected chi connectivity index (χ1v) is 9.87. The van der Waals surface area contributed by atoms with E-state index in [1.54, 1.807) is 13.8 Å². The van der Waals surface area contributed by atoms with Crippen LogP contribution in [0.15, 0.2) is 41.5 Å². The molecular formula is C22H22F2N4O3. The smallest absolute Gasteiger partial charge is 0.283 e. The van der Waals surface area contributed by atoms with E-state index in [4.69, 9.17) is 10.5 Å². The molecule has 1 fully saturated rings. The first-order valence-electron chi connectivity index (χ1n) is 9.87. The molecule has 9 heteroatoms. The Kier molecular flexibility index (Phi) is 4.99. The van der Waals surface area contributed by atoms with E-state index < -0.39 is 28.7 Å². The van der Waals surface area contributed by atoms with Crippen molar-refractivity contribution in [2.75, 3.05) is 5.32 Å². The number of aromatic nitrogens is 1. The topological polar surface area (TPSA) is 107 Å². The minimum atomic E-state index is -1.04. The number of benzene rings is 1. The lowest BCUT2D eigenvalue weighted by Gasteiger charge is -2.51. The highest BCUT2D eigenvalue weighted by molar-refractivity contribution is 6.02. The average Bonchev–Trinajstić information content (AvgIpc) is 2.67. The van der Waals surface area contributed by atoms with Crippen molar-refractivity contribution < 1.29 is 23.1 Å². The summed E-state index contributed by atoms with van der Waals surface area (Å²) < 4.78 is 33.6. The maximum Gasteiger partial charge on any atom is 0.283 e. The van der Waals surface area contributed by atoms with Crippen LogP contribution < -0.4 is 11.1 Å². The molecule has 2 aliphatic rings. The highest BCUT2D eigenvalue weighted by Gasteiger charge is 2.55. The summed E-state index contributed by atoms with van der Waals surface area (Å²) in [6, 6.07) is 6.48. The highest BCUT2D eigenvalue weighted by atomic mass is 19.1. The number of rotatable bonds is 4. The average molecular weight is 428 g/mol. The Morgan fingerprint density at radius 1 is 1.23 bits per heavy atom. The Balaban J connectivity index is 1.60. The van der Waals surface area contributed by atoms with Crippen LogP contribution in [0.2, 0.25) is 0 Å². The Morgan fingerprint density at radius 2 is 1.97 bits per heavy atom. The van der Waals surface area contributed by atoms with E-state index in [0.717, 1.165) is 12.3 Å². The number of carbonyl (C=O) groups excluding carboxylic acids is 2. The number of carbonyl (C=O) groups is 2. The zero-order valence-electron chi connectivity index (χ0n) is 17.1. The molecule has 7 nitrogen and oxygen atoms in total. The molecule has 31 heavy (non-hydrogen) atoms. The van der Waals surface area contributed by atoms with Crippen molar-refractivity contribution >= 4 is 23.4 Å². The van der Waals surface area contributed by atoms with Gasteiger partial charge in [-0.1, -0.05) is 0 Å². The summed E-state index contributed by atoms with van der Waals surface area (Å²) in [5, 5.41) is 2.64. The molecule has 0 radical (unpaired) electrons. The molecule has 1 amide bonds. The Hall–Kier alpha value is -3.36. The number of nitrogens with one attached hydrogen (secondary N) is 1. The van der Waals surface area contributed by atoms with E-state index in [-0.39, 0.29) is 29.0 Å². The summed E-state index contributed by atoms with van der Waals surface area (Å²) in [6.07, 6.45) is 2.29. The number of nitrogens with zero attached hydrogens (tertiary/aromatic N) is 2. The molecule has 1 unspecified atom stereocenters. The van der Waals surface area contributed by atoms with Gasteiger partial charge < -0.3 is 15.8 Å². The van der Waals surface area contributed by atoms with E-state index >= 15 is 0 Å². The maximum absolute atomic E-state index is 14.8. The maximum atomic E-state index is 14.8. The second-order valence-electron chi connectivity index (χ2n) is 8.41. The number of halogens is 2. The number of Topliss-reactive ketones (excluding diaryl/α,β-unsaturated/α-hetero) is 1. The van der Waals surface area contributed by atoms with Crippen LogP contribution in [0.5, 0.6) is 0 Å². The standard InChI is InChI=1S/C22H22F2N4O3/c1-12(29)13-8-22(9-13)11-21(2,28-20(25)31-22)16-7-15(4-5-17(16)24)27-19(30)18-6-3-14(23)10-26-18/h3-7,10,13H,8-9,11H2,1-2H3,(H2,25,28)(H,27,30). The third-order valence-corrected chi connectivity index (χ3v) is 5.92. The molecular weight excluding hydrogens is 406 g/mol. The zero-order valence-corrected chi connectivity index (χ0v) is 17.1. The van der Waals surface area contributed by atoms with Gasteiger partial charge in [-0.3, -0.25) is 9.59 Å². The molecule has 162 valence electrons. The number of hydrogen-bond donors (Lipinski definition) is 2. The largest absolute Gasteiger partial charge is 0.459 e. The fraction of sp³-hybridized carbons (Fsp3) is 0.364. The summed E-state index contributed by atoms with van der Waals surface area (Å²) in [7, 11) is 0. The van der Waals surface area contributed by atoms with Gasteiger partial charge in [0.25, 0.3) is 11.9 Å². The van der Waals surface area contributed by atoms with Crippen molar-refractivity contribution in [3.8, 4) is 0 Å². The normalized spacial score (nSPS) is 27.1. The van der Waals surface area contributed by atoms with E-state index in [1.807, 2.05) is 0 Å². The van der Waals surface area contributed by atoms with Gasteiger partial charge in [0.05, 0.1) is 11.7 Å². The van der Waals surface area contributed by atoms with Crippen LogP contribution in [-0.2, 0) is 15.1 Å². The van der Waals surface area contributed by atoms with Gasteiger partial charge in [-0.2, -0.15) is 0 Å². The summed E-state index contributed by atoms with van der Waals surface area (Å²) >= 11 is 0. The number of anilines is 1. The van der Waals surface area contributed by atoms with Crippen molar-refractivity contribution in [1.29, 1.82) is 0 Å². The molecule has 2 heterocycles. The zero-order chi connectivity index (χ0) is 22.4. The van der Waals surface area contributed by atoms with E-state index in [9.17, 15) is 18.4 Å². The second kappa shape index (κ2) is 7.40. The van der Waals surface area contributed by atoms with Crippen molar-refractivity contribution in [3.63, 3.8) is 0 Å². The molecule has 1 saturated carbocycles. The van der Waals surface area contributed by atoms with Gasteiger partial charge >= 0.3 is 0 Å². The first kappa shape index (κ1) is 20.9. The summed E-state index contributed by atoms with van der Waals surface area (Å²) in [4.78, 5) is 32.2. The van der Waals surface area contributed by atoms with Gasteiger partial charge in [-0.15, -0.1) is 0 Å². The minimum Gasteiger partial charge on any atom is -0.459 e. The number of ether oxygens (including phenoxy) is 1. The molecule has 1 spiro atoms. The lowest BCUT2D eigenvalue weighted by Crippen LogP contribution is -2.56. The molecule has 2 aromatic rings. The number of hydrogen-bond acceptors (Lipinski definition) is 6. The predicted molar refractivity (Wildman–Crippen MR) is 109 cm³/mol. The quantitative estimate of drug-likeness (QED) is 0.777.